The van der Waals surface area contributed by atoms with Crippen LogP contribution in [0.15, 0.2) is 22.7 Å². The minimum absolute atomic E-state index is 0.107. The van der Waals surface area contributed by atoms with E-state index in [2.05, 4.69) is 20.7 Å². The summed E-state index contributed by atoms with van der Waals surface area (Å²) in [7, 11) is 2.85. The van der Waals surface area contributed by atoms with Gasteiger partial charge in [0.05, 0.1) is 18.4 Å². The van der Waals surface area contributed by atoms with Gasteiger partial charge in [-0.2, -0.15) is 0 Å². The van der Waals surface area contributed by atoms with Crippen molar-refractivity contribution in [2.45, 2.75) is 6.42 Å². The Morgan fingerprint density at radius 3 is 2.77 bits per heavy atom. The summed E-state index contributed by atoms with van der Waals surface area (Å²) in [6, 6.07) is 4.85. The van der Waals surface area contributed by atoms with Crippen molar-refractivity contribution in [2.24, 2.45) is 5.92 Å². The van der Waals surface area contributed by atoms with Crippen molar-refractivity contribution in [3.8, 4) is 0 Å². The number of rotatable bonds is 4. The molecular weight excluding hydrogens is 398 g/mol. The number of anilines is 1. The average Bonchev–Trinajstić information content (AvgIpc) is 2.77. The van der Waals surface area contributed by atoms with Crippen molar-refractivity contribution >= 4 is 53.2 Å². The van der Waals surface area contributed by atoms with E-state index in [-0.39, 0.29) is 30.5 Å². The first-order chi connectivity index (χ1) is 10.2. The van der Waals surface area contributed by atoms with E-state index in [0.717, 1.165) is 0 Å². The second-order valence-electron chi connectivity index (χ2n) is 4.94. The molecular formula is C13H13BrClNO5S. The van der Waals surface area contributed by atoms with Crippen molar-refractivity contribution in [1.29, 1.82) is 0 Å². The molecule has 1 aromatic carbocycles. The Kier molecular flexibility index (Phi) is 5.14. The monoisotopic (exact) mass is 409 g/mol. The molecule has 0 aromatic heterocycles. The van der Waals surface area contributed by atoms with Crippen LogP contribution in [0, 0.1) is 5.92 Å². The number of nitrogens with zero attached hydrogens (tertiary/aromatic N) is 1. The summed E-state index contributed by atoms with van der Waals surface area (Å²) in [5, 5.41) is 0. The SMILES string of the molecule is COC(=O)c1cc(N2CC(CS(=O)(=O)Cl)CC2=O)ccc1Br. The van der Waals surface area contributed by atoms with E-state index in [1.54, 1.807) is 12.1 Å². The van der Waals surface area contributed by atoms with Crippen LogP contribution in [-0.2, 0) is 18.6 Å². The van der Waals surface area contributed by atoms with Crippen molar-refractivity contribution < 1.29 is 22.7 Å². The van der Waals surface area contributed by atoms with Gasteiger partial charge in [-0.15, -0.1) is 0 Å². The molecule has 0 aliphatic carbocycles. The van der Waals surface area contributed by atoms with Gasteiger partial charge in [0.25, 0.3) is 0 Å². The number of methoxy groups -OCH3 is 1. The maximum absolute atomic E-state index is 12.1. The van der Waals surface area contributed by atoms with E-state index in [0.29, 0.717) is 15.7 Å². The van der Waals surface area contributed by atoms with Gasteiger partial charge < -0.3 is 9.64 Å². The molecule has 2 rings (SSSR count). The van der Waals surface area contributed by atoms with Crippen LogP contribution in [0.2, 0.25) is 0 Å². The zero-order valence-electron chi connectivity index (χ0n) is 11.6. The van der Waals surface area contributed by atoms with Gasteiger partial charge in [-0.3, -0.25) is 4.79 Å². The molecule has 0 spiro atoms. The van der Waals surface area contributed by atoms with E-state index in [1.165, 1.54) is 18.1 Å². The third kappa shape index (κ3) is 3.99. The maximum Gasteiger partial charge on any atom is 0.339 e. The Morgan fingerprint density at radius 1 is 1.50 bits per heavy atom. The van der Waals surface area contributed by atoms with E-state index >= 15 is 0 Å². The van der Waals surface area contributed by atoms with Gasteiger partial charge in [-0.25, -0.2) is 13.2 Å². The predicted molar refractivity (Wildman–Crippen MR) is 85.6 cm³/mol. The van der Waals surface area contributed by atoms with Gasteiger partial charge in [-0.05, 0) is 34.1 Å². The second kappa shape index (κ2) is 6.55. The number of carbonyl (C=O) groups is 2. The van der Waals surface area contributed by atoms with Crippen LogP contribution in [0.3, 0.4) is 0 Å². The summed E-state index contributed by atoms with van der Waals surface area (Å²) in [5.74, 6) is -1.35. The van der Waals surface area contributed by atoms with Crippen molar-refractivity contribution in [3.63, 3.8) is 0 Å². The van der Waals surface area contributed by atoms with Gasteiger partial charge >= 0.3 is 5.97 Å². The minimum Gasteiger partial charge on any atom is -0.465 e. The summed E-state index contributed by atoms with van der Waals surface area (Å²) >= 11 is 3.25. The summed E-state index contributed by atoms with van der Waals surface area (Å²) in [6.45, 7) is 0.243. The smallest absolute Gasteiger partial charge is 0.339 e. The molecule has 1 aliphatic heterocycles. The molecule has 0 N–H and O–H groups in total. The van der Waals surface area contributed by atoms with Crippen LogP contribution in [0.4, 0.5) is 5.69 Å². The third-order valence-corrected chi connectivity index (χ3v) is 5.25. The highest BCUT2D eigenvalue weighted by Crippen LogP contribution is 2.30. The lowest BCUT2D eigenvalue weighted by molar-refractivity contribution is -0.117. The van der Waals surface area contributed by atoms with Gasteiger partial charge in [0.2, 0.25) is 15.0 Å². The van der Waals surface area contributed by atoms with Gasteiger partial charge in [-0.1, -0.05) is 0 Å². The third-order valence-electron chi connectivity index (χ3n) is 3.31. The molecule has 1 aliphatic rings. The lowest BCUT2D eigenvalue weighted by Crippen LogP contribution is -2.25. The first-order valence-electron chi connectivity index (χ1n) is 6.32. The van der Waals surface area contributed by atoms with Crippen LogP contribution in [0.5, 0.6) is 0 Å². The molecule has 1 aromatic rings. The summed E-state index contributed by atoms with van der Waals surface area (Å²) in [6.07, 6.45) is 0.107. The van der Waals surface area contributed by atoms with Crippen molar-refractivity contribution in [2.75, 3.05) is 24.3 Å². The molecule has 0 saturated carbocycles. The number of hydrogen-bond donors (Lipinski definition) is 0. The maximum atomic E-state index is 12.1. The van der Waals surface area contributed by atoms with Crippen LogP contribution in [-0.4, -0.2) is 39.7 Å². The van der Waals surface area contributed by atoms with Crippen molar-refractivity contribution in [3.05, 3.63) is 28.2 Å². The first kappa shape index (κ1) is 17.2. The summed E-state index contributed by atoms with van der Waals surface area (Å²) in [4.78, 5) is 25.2. The number of amides is 1. The summed E-state index contributed by atoms with van der Waals surface area (Å²) < 4.78 is 27.5. The number of hydrogen-bond acceptors (Lipinski definition) is 5. The molecule has 1 unspecified atom stereocenters. The highest BCUT2D eigenvalue weighted by molar-refractivity contribution is 9.10. The fourth-order valence-corrected chi connectivity index (χ4v) is 4.10. The van der Waals surface area contributed by atoms with Crippen LogP contribution < -0.4 is 4.90 Å². The molecule has 9 heteroatoms. The van der Waals surface area contributed by atoms with Gasteiger partial charge in [0.1, 0.15) is 0 Å². The zero-order valence-corrected chi connectivity index (χ0v) is 14.7. The molecule has 1 atom stereocenters. The number of halogens is 2. The Bertz CT molecular complexity index is 721. The minimum atomic E-state index is -3.66. The van der Waals surface area contributed by atoms with Crippen molar-refractivity contribution in [1.82, 2.24) is 0 Å². The molecule has 0 radical (unpaired) electrons. The van der Waals surface area contributed by atoms with Gasteiger partial charge in [0, 0.05) is 39.7 Å². The molecule has 120 valence electrons. The number of ether oxygens (including phenoxy) is 1. The largest absolute Gasteiger partial charge is 0.465 e. The molecule has 1 fully saturated rings. The normalized spacial score (nSPS) is 18.6. The quantitative estimate of drug-likeness (QED) is 0.561. The van der Waals surface area contributed by atoms with E-state index in [1.807, 2.05) is 0 Å². The number of benzene rings is 1. The zero-order chi connectivity index (χ0) is 16.5. The Hall–Kier alpha value is -1.12. The second-order valence-corrected chi connectivity index (χ2v) is 8.61. The Labute approximate surface area is 140 Å². The molecule has 1 heterocycles. The molecule has 22 heavy (non-hydrogen) atoms. The topological polar surface area (TPSA) is 80.8 Å². The van der Waals surface area contributed by atoms with E-state index in [9.17, 15) is 18.0 Å². The number of esters is 1. The Morgan fingerprint density at radius 2 is 2.18 bits per heavy atom. The van der Waals surface area contributed by atoms with Crippen LogP contribution >= 0.6 is 26.6 Å². The van der Waals surface area contributed by atoms with E-state index in [4.69, 9.17) is 10.7 Å². The average molecular weight is 411 g/mol. The molecule has 0 bridgehead atoms. The van der Waals surface area contributed by atoms with Crippen LogP contribution in [0.25, 0.3) is 0 Å². The summed E-state index contributed by atoms with van der Waals surface area (Å²) in [5.41, 5.74) is 0.810. The first-order valence-corrected chi connectivity index (χ1v) is 9.59. The van der Waals surface area contributed by atoms with Crippen LogP contribution in [0.1, 0.15) is 16.8 Å². The fraction of sp³-hybridized carbons (Fsp3) is 0.385. The highest BCUT2D eigenvalue weighted by Gasteiger charge is 2.33. The number of carbonyl (C=O) groups excluding carboxylic acids is 2. The molecule has 1 amide bonds. The Balaban J connectivity index is 2.25. The fourth-order valence-electron chi connectivity index (χ4n) is 2.37. The standard InChI is InChI=1S/C13H13BrClNO5S/c1-21-13(18)10-5-9(2-3-11(10)14)16-6-8(4-12(16)17)7-22(15,19)20/h2-3,5,8H,4,6-7H2,1H3. The lowest BCUT2D eigenvalue weighted by Gasteiger charge is -2.17. The van der Waals surface area contributed by atoms with E-state index < -0.39 is 15.0 Å². The lowest BCUT2D eigenvalue weighted by atomic mass is 10.1. The highest BCUT2D eigenvalue weighted by atomic mass is 79.9. The molecule has 6 nitrogen and oxygen atoms in total. The molecule has 1 saturated heterocycles. The van der Waals surface area contributed by atoms with Gasteiger partial charge in [0.15, 0.2) is 0 Å². The predicted octanol–water partition coefficient (Wildman–Crippen LogP) is 2.16.